The lowest BCUT2D eigenvalue weighted by Gasteiger charge is -2.60. The van der Waals surface area contributed by atoms with Crippen molar-refractivity contribution in [2.24, 2.45) is 5.92 Å². The number of rotatable bonds is 1. The Labute approximate surface area is 130 Å². The van der Waals surface area contributed by atoms with E-state index in [4.69, 9.17) is 14.5 Å². The van der Waals surface area contributed by atoms with Gasteiger partial charge in [-0.3, -0.25) is 4.57 Å². The summed E-state index contributed by atoms with van der Waals surface area (Å²) in [6.07, 6.45) is 2.69. The second-order valence-corrected chi connectivity index (χ2v) is 6.55. The standard InChI is InChI=1S/C16H22BN3O2/c1-21-12-2-3-13-14(8-12)19-9-16(22-15(19)18-13)10-20(17)6-4-11(16)5-7-20/h2-3,8,11H,4-7,9-10H2,1,17H3. The molecule has 0 amide bonds. The van der Waals surface area contributed by atoms with Crippen molar-refractivity contribution >= 4 is 19.0 Å². The summed E-state index contributed by atoms with van der Waals surface area (Å²) in [5.41, 5.74) is 2.18. The van der Waals surface area contributed by atoms with Gasteiger partial charge in [-0.05, 0) is 25.0 Å². The van der Waals surface area contributed by atoms with Gasteiger partial charge >= 0.3 is 0 Å². The van der Waals surface area contributed by atoms with Gasteiger partial charge in [-0.2, -0.15) is 4.98 Å². The topological polar surface area (TPSA) is 36.3 Å². The molecule has 0 aliphatic carbocycles. The number of piperidine rings is 3. The largest absolute Gasteiger partial charge is 0.519 e. The molecular formula is C16H22BN3O2. The van der Waals surface area contributed by atoms with Crippen LogP contribution in [0.4, 0.5) is 0 Å². The third-order valence-corrected chi connectivity index (χ3v) is 5.46. The van der Waals surface area contributed by atoms with Crippen LogP contribution in [0.25, 0.3) is 11.0 Å². The molecule has 1 aromatic heterocycles. The average Bonchev–Trinajstić information content (AvgIpc) is 3.01. The van der Waals surface area contributed by atoms with Gasteiger partial charge in [-0.15, -0.1) is 0 Å². The molecule has 3 saturated heterocycles. The Hall–Kier alpha value is -1.69. The van der Waals surface area contributed by atoms with Crippen LogP contribution < -0.4 is 9.47 Å². The van der Waals surface area contributed by atoms with Gasteiger partial charge in [0.05, 0.1) is 31.2 Å². The van der Waals surface area contributed by atoms with E-state index in [9.17, 15) is 0 Å². The van der Waals surface area contributed by atoms with Crippen LogP contribution in [-0.2, 0) is 6.54 Å². The Morgan fingerprint density at radius 2 is 2.23 bits per heavy atom. The first kappa shape index (κ1) is 12.8. The second kappa shape index (κ2) is 3.99. The first-order valence-electron chi connectivity index (χ1n) is 7.73. The molecule has 4 aliphatic rings. The van der Waals surface area contributed by atoms with E-state index in [0.29, 0.717) is 13.9 Å². The number of benzene rings is 1. The highest BCUT2D eigenvalue weighted by atomic mass is 16.5. The molecule has 5 nitrogen and oxygen atoms in total. The van der Waals surface area contributed by atoms with Crippen LogP contribution in [0.15, 0.2) is 18.2 Å². The highest BCUT2D eigenvalue weighted by Crippen LogP contribution is 2.47. The van der Waals surface area contributed by atoms with E-state index in [2.05, 4.69) is 10.6 Å². The summed E-state index contributed by atoms with van der Waals surface area (Å²) < 4.78 is 15.6. The van der Waals surface area contributed by atoms with Crippen molar-refractivity contribution in [3.63, 3.8) is 0 Å². The van der Waals surface area contributed by atoms with Crippen LogP contribution in [0.5, 0.6) is 11.8 Å². The smallest absolute Gasteiger partial charge is 0.298 e. The van der Waals surface area contributed by atoms with Gasteiger partial charge in [-0.25, -0.2) is 0 Å². The summed E-state index contributed by atoms with van der Waals surface area (Å²) in [6.45, 7) is 5.02. The van der Waals surface area contributed by atoms with E-state index in [0.717, 1.165) is 29.3 Å². The molecule has 6 heteroatoms. The SMILES string of the molecule is [BH3-][N+]12CCC(CC1)C1(Cn3c(nc4ccc(OC)cc43)O1)C2. The molecule has 1 unspecified atom stereocenters. The van der Waals surface area contributed by atoms with Crippen LogP contribution in [0.2, 0.25) is 0 Å². The molecular weight excluding hydrogens is 277 g/mol. The fourth-order valence-electron chi connectivity index (χ4n) is 4.34. The molecule has 5 heterocycles. The number of imidazole rings is 1. The highest BCUT2D eigenvalue weighted by Gasteiger charge is 2.56. The number of quaternary nitrogens is 1. The maximum atomic E-state index is 6.53. The molecule has 6 rings (SSSR count). The number of hydrogen-bond donors (Lipinski definition) is 0. The first-order chi connectivity index (χ1) is 10.6. The lowest BCUT2D eigenvalue weighted by Crippen LogP contribution is -2.69. The molecule has 1 spiro atoms. The zero-order valence-corrected chi connectivity index (χ0v) is 12.2. The molecule has 4 aliphatic heterocycles. The van der Waals surface area contributed by atoms with E-state index >= 15 is 0 Å². The monoisotopic (exact) mass is 299 g/mol. The molecule has 0 N–H and O–H groups in total. The van der Waals surface area contributed by atoms with Crippen molar-refractivity contribution < 1.29 is 13.9 Å². The Balaban J connectivity index is 1.58. The number of nitrogens with zero attached hydrogens (tertiary/aromatic N) is 3. The van der Waals surface area contributed by atoms with E-state index in [1.807, 2.05) is 12.1 Å². The van der Waals surface area contributed by atoms with Crippen LogP contribution >= 0.6 is 0 Å². The molecule has 0 radical (unpaired) electrons. The van der Waals surface area contributed by atoms with Crippen LogP contribution in [0.3, 0.4) is 0 Å². The summed E-state index contributed by atoms with van der Waals surface area (Å²) in [4.78, 5) is 4.72. The molecule has 0 saturated carbocycles. The van der Waals surface area contributed by atoms with E-state index in [1.165, 1.54) is 36.9 Å². The van der Waals surface area contributed by atoms with Crippen LogP contribution in [0, 0.1) is 5.92 Å². The summed E-state index contributed by atoms with van der Waals surface area (Å²) in [6, 6.07) is 6.91. The van der Waals surface area contributed by atoms with Crippen LogP contribution in [-0.4, -0.2) is 54.3 Å². The van der Waals surface area contributed by atoms with Crippen molar-refractivity contribution in [1.29, 1.82) is 0 Å². The Morgan fingerprint density at radius 1 is 1.41 bits per heavy atom. The predicted molar refractivity (Wildman–Crippen MR) is 87.2 cm³/mol. The molecule has 2 aromatic rings. The van der Waals surface area contributed by atoms with Gasteiger partial charge in [0.2, 0.25) is 0 Å². The zero-order chi connectivity index (χ0) is 14.9. The number of fused-ring (bicyclic) bond motifs is 5. The normalized spacial score (nSPS) is 35.8. The second-order valence-electron chi connectivity index (χ2n) is 6.55. The molecule has 1 aromatic carbocycles. The lowest BCUT2D eigenvalue weighted by molar-refractivity contribution is -0.845. The van der Waals surface area contributed by atoms with Crippen molar-refractivity contribution in [3.8, 4) is 11.8 Å². The number of ether oxygens (including phenoxy) is 2. The van der Waals surface area contributed by atoms with Gasteiger partial charge in [-0.1, -0.05) is 0 Å². The molecule has 116 valence electrons. The quantitative estimate of drug-likeness (QED) is 0.727. The molecule has 3 fully saturated rings. The average molecular weight is 299 g/mol. The Bertz CT molecular complexity index is 766. The maximum Gasteiger partial charge on any atom is 0.298 e. The fourth-order valence-corrected chi connectivity index (χ4v) is 4.34. The lowest BCUT2D eigenvalue weighted by atomic mass is 9.71. The Kier molecular flexibility index (Phi) is 2.32. The zero-order valence-electron chi connectivity index (χ0n) is 12.2. The molecule has 1 atom stereocenters. The minimum Gasteiger partial charge on any atom is -0.519 e. The van der Waals surface area contributed by atoms with Gasteiger partial charge in [0.25, 0.3) is 6.01 Å². The minimum atomic E-state index is 0.0256. The van der Waals surface area contributed by atoms with Gasteiger partial charge in [0, 0.05) is 25.1 Å². The van der Waals surface area contributed by atoms with E-state index in [-0.39, 0.29) is 5.60 Å². The number of aromatic nitrogens is 2. The van der Waals surface area contributed by atoms with E-state index < -0.39 is 0 Å². The van der Waals surface area contributed by atoms with Gasteiger partial charge in [0.1, 0.15) is 5.75 Å². The summed E-state index contributed by atoms with van der Waals surface area (Å²) >= 11 is 0. The number of methoxy groups -OCH3 is 1. The van der Waals surface area contributed by atoms with Crippen LogP contribution in [0.1, 0.15) is 12.8 Å². The third-order valence-electron chi connectivity index (χ3n) is 5.46. The summed E-state index contributed by atoms with van der Waals surface area (Å²) in [7, 11) is 2.02. The highest BCUT2D eigenvalue weighted by molar-refractivity contribution is 5.97. The van der Waals surface area contributed by atoms with Crippen molar-refractivity contribution in [1.82, 2.24) is 9.55 Å². The molecule has 2 bridgehead atoms. The molecule has 22 heavy (non-hydrogen) atoms. The summed E-state index contributed by atoms with van der Waals surface area (Å²) in [5, 5.41) is 0. The van der Waals surface area contributed by atoms with Crippen molar-refractivity contribution in [3.05, 3.63) is 18.2 Å². The predicted octanol–water partition coefficient (Wildman–Crippen LogP) is 0.697. The van der Waals surface area contributed by atoms with Gasteiger partial charge in [0.15, 0.2) is 13.6 Å². The Morgan fingerprint density at radius 3 is 2.95 bits per heavy atom. The minimum absolute atomic E-state index is 0.0256. The third kappa shape index (κ3) is 1.56. The van der Waals surface area contributed by atoms with Gasteiger partial charge < -0.3 is 13.9 Å². The van der Waals surface area contributed by atoms with E-state index in [1.54, 1.807) is 7.11 Å². The first-order valence-corrected chi connectivity index (χ1v) is 7.73. The van der Waals surface area contributed by atoms with Crippen molar-refractivity contribution in [2.45, 2.75) is 25.0 Å². The number of hydrogen-bond acceptors (Lipinski definition) is 3. The maximum absolute atomic E-state index is 6.53. The summed E-state index contributed by atoms with van der Waals surface area (Å²) in [5.74, 6) is 1.61. The van der Waals surface area contributed by atoms with Crippen molar-refractivity contribution in [2.75, 3.05) is 26.7 Å². The fraction of sp³-hybridized carbons (Fsp3) is 0.562.